The lowest BCUT2D eigenvalue weighted by molar-refractivity contribution is -0.131. The van der Waals surface area contributed by atoms with Crippen molar-refractivity contribution in [2.75, 3.05) is 13.2 Å². The molecule has 1 aliphatic heterocycles. The fourth-order valence-corrected chi connectivity index (χ4v) is 2.17. The van der Waals surface area contributed by atoms with E-state index in [1.165, 1.54) is 0 Å². The molecule has 2 heterocycles. The second kappa shape index (κ2) is 4.10. The highest BCUT2D eigenvalue weighted by Gasteiger charge is 2.38. The van der Waals surface area contributed by atoms with Crippen LogP contribution in [-0.2, 0) is 14.9 Å². The number of hydrogen-bond acceptors (Lipinski definition) is 4. The van der Waals surface area contributed by atoms with Crippen LogP contribution in [0.4, 0.5) is 0 Å². The van der Waals surface area contributed by atoms with Gasteiger partial charge in [-0.1, -0.05) is 12.1 Å². The third kappa shape index (κ3) is 1.96. The summed E-state index contributed by atoms with van der Waals surface area (Å²) >= 11 is 0. The molecule has 1 aromatic heterocycles. The summed E-state index contributed by atoms with van der Waals surface area (Å²) in [6.07, 6.45) is 2.74. The van der Waals surface area contributed by atoms with E-state index in [1.807, 2.05) is 6.07 Å². The molecule has 0 unspecified atom stereocenters. The molecule has 0 atom stereocenters. The first-order chi connectivity index (χ1) is 9.09. The van der Waals surface area contributed by atoms with E-state index in [9.17, 15) is 9.59 Å². The number of fused-ring (bicyclic) bond motifs is 1. The van der Waals surface area contributed by atoms with Crippen molar-refractivity contribution in [3.05, 3.63) is 46.5 Å². The highest BCUT2D eigenvalue weighted by atomic mass is 16.5. The van der Waals surface area contributed by atoms with E-state index in [0.717, 1.165) is 11.6 Å². The van der Waals surface area contributed by atoms with Crippen LogP contribution in [0, 0.1) is 0 Å². The number of carbonyl (C=O) groups is 1. The number of carboxylic acids is 1. The largest absolute Gasteiger partial charge is 0.478 e. The van der Waals surface area contributed by atoms with Gasteiger partial charge in [0.1, 0.15) is 0 Å². The van der Waals surface area contributed by atoms with Crippen LogP contribution in [0.1, 0.15) is 5.56 Å². The second-order valence-electron chi connectivity index (χ2n) is 4.55. The Morgan fingerprint density at radius 2 is 2.21 bits per heavy atom. The topological polar surface area (TPSA) is 92.5 Å². The van der Waals surface area contributed by atoms with Crippen LogP contribution in [-0.4, -0.2) is 29.3 Å². The SMILES string of the molecule is O=C(O)/C=C/C1(c2ccc3oc(=O)[nH]c3c2)COC1. The van der Waals surface area contributed by atoms with Gasteiger partial charge in [-0.05, 0) is 17.7 Å². The van der Waals surface area contributed by atoms with Crippen molar-refractivity contribution in [2.24, 2.45) is 0 Å². The van der Waals surface area contributed by atoms with Gasteiger partial charge in [-0.25, -0.2) is 9.59 Å². The van der Waals surface area contributed by atoms with Gasteiger partial charge in [0.25, 0.3) is 0 Å². The molecule has 1 aromatic carbocycles. The summed E-state index contributed by atoms with van der Waals surface area (Å²) in [5, 5.41) is 8.73. The molecule has 2 N–H and O–H groups in total. The van der Waals surface area contributed by atoms with Gasteiger partial charge in [-0.2, -0.15) is 0 Å². The fraction of sp³-hybridized carbons (Fsp3) is 0.231. The summed E-state index contributed by atoms with van der Waals surface area (Å²) in [7, 11) is 0. The summed E-state index contributed by atoms with van der Waals surface area (Å²) < 4.78 is 10.1. The van der Waals surface area contributed by atoms with Crippen LogP contribution < -0.4 is 5.76 Å². The smallest absolute Gasteiger partial charge is 0.417 e. The Hall–Kier alpha value is -2.34. The van der Waals surface area contributed by atoms with E-state index in [1.54, 1.807) is 18.2 Å². The van der Waals surface area contributed by atoms with Gasteiger partial charge in [0.2, 0.25) is 0 Å². The van der Waals surface area contributed by atoms with Crippen molar-refractivity contribution in [1.82, 2.24) is 4.98 Å². The van der Waals surface area contributed by atoms with Crippen molar-refractivity contribution >= 4 is 17.1 Å². The number of hydrogen-bond donors (Lipinski definition) is 2. The number of nitrogens with one attached hydrogen (secondary N) is 1. The van der Waals surface area contributed by atoms with Crippen LogP contribution in [0.25, 0.3) is 11.1 Å². The molecule has 98 valence electrons. The first kappa shape index (κ1) is 11.7. The number of aromatic nitrogens is 1. The number of aliphatic carboxylic acids is 1. The third-order valence-electron chi connectivity index (χ3n) is 3.26. The molecule has 0 aliphatic carbocycles. The minimum atomic E-state index is -0.996. The standard InChI is InChI=1S/C13H11NO5/c15-11(16)3-4-13(6-18-7-13)8-1-2-10-9(5-8)14-12(17)19-10/h1-5H,6-7H2,(H,14,17)(H,15,16)/b4-3+. The van der Waals surface area contributed by atoms with Gasteiger partial charge < -0.3 is 14.3 Å². The van der Waals surface area contributed by atoms with E-state index in [0.29, 0.717) is 24.3 Å². The summed E-state index contributed by atoms with van der Waals surface area (Å²) in [6, 6.07) is 5.29. The molecule has 0 saturated carbocycles. The quantitative estimate of drug-likeness (QED) is 0.805. The third-order valence-corrected chi connectivity index (χ3v) is 3.26. The molecule has 0 bridgehead atoms. The number of oxazole rings is 1. The molecular weight excluding hydrogens is 250 g/mol. The van der Waals surface area contributed by atoms with Crippen LogP contribution in [0.15, 0.2) is 39.6 Å². The maximum Gasteiger partial charge on any atom is 0.417 e. The number of carboxylic acid groups (broad SMARTS) is 1. The molecule has 2 aromatic rings. The van der Waals surface area contributed by atoms with Gasteiger partial charge >= 0.3 is 11.7 Å². The number of benzene rings is 1. The average molecular weight is 261 g/mol. The highest BCUT2D eigenvalue weighted by Crippen LogP contribution is 2.35. The van der Waals surface area contributed by atoms with Crippen LogP contribution in [0.5, 0.6) is 0 Å². The van der Waals surface area contributed by atoms with Gasteiger partial charge in [0, 0.05) is 6.08 Å². The minimum absolute atomic E-state index is 0.421. The molecule has 1 saturated heterocycles. The molecule has 0 amide bonds. The zero-order valence-corrected chi connectivity index (χ0v) is 9.88. The molecule has 19 heavy (non-hydrogen) atoms. The lowest BCUT2D eigenvalue weighted by Gasteiger charge is -2.39. The molecular formula is C13H11NO5. The molecule has 6 nitrogen and oxygen atoms in total. The molecule has 0 radical (unpaired) electrons. The summed E-state index contributed by atoms with van der Waals surface area (Å²) in [5.74, 6) is -1.50. The Kier molecular flexibility index (Phi) is 2.53. The predicted molar refractivity (Wildman–Crippen MR) is 66.1 cm³/mol. The van der Waals surface area contributed by atoms with Gasteiger partial charge in [-0.15, -0.1) is 0 Å². The van der Waals surface area contributed by atoms with Crippen molar-refractivity contribution in [1.29, 1.82) is 0 Å². The molecule has 6 heteroatoms. The van der Waals surface area contributed by atoms with E-state index < -0.39 is 17.1 Å². The predicted octanol–water partition coefficient (Wildman–Crippen LogP) is 1.03. The Morgan fingerprint density at radius 3 is 2.84 bits per heavy atom. The molecule has 1 fully saturated rings. The van der Waals surface area contributed by atoms with E-state index in [4.69, 9.17) is 14.3 Å². The van der Waals surface area contributed by atoms with Gasteiger partial charge in [0.05, 0.1) is 24.1 Å². The van der Waals surface area contributed by atoms with Crippen LogP contribution in [0.3, 0.4) is 0 Å². The average Bonchev–Trinajstić information content (AvgIpc) is 2.66. The first-order valence-electron chi connectivity index (χ1n) is 5.72. The lowest BCUT2D eigenvalue weighted by atomic mass is 9.78. The molecule has 1 aliphatic rings. The molecule has 3 rings (SSSR count). The monoisotopic (exact) mass is 261 g/mol. The Bertz CT molecular complexity index is 720. The summed E-state index contributed by atoms with van der Waals surface area (Å²) in [6.45, 7) is 0.842. The van der Waals surface area contributed by atoms with E-state index in [2.05, 4.69) is 4.98 Å². The number of ether oxygens (including phenoxy) is 1. The van der Waals surface area contributed by atoms with Crippen LogP contribution in [0.2, 0.25) is 0 Å². The molecule has 0 spiro atoms. The fourth-order valence-electron chi connectivity index (χ4n) is 2.17. The van der Waals surface area contributed by atoms with Crippen molar-refractivity contribution in [2.45, 2.75) is 5.41 Å². The summed E-state index contributed by atoms with van der Waals surface area (Å²) in [5.41, 5.74) is 1.52. The van der Waals surface area contributed by atoms with Gasteiger partial charge in [0.15, 0.2) is 5.58 Å². The van der Waals surface area contributed by atoms with Crippen molar-refractivity contribution < 1.29 is 19.1 Å². The van der Waals surface area contributed by atoms with Crippen molar-refractivity contribution in [3.8, 4) is 0 Å². The van der Waals surface area contributed by atoms with E-state index in [-0.39, 0.29) is 0 Å². The van der Waals surface area contributed by atoms with Crippen LogP contribution >= 0.6 is 0 Å². The Balaban J connectivity index is 2.05. The van der Waals surface area contributed by atoms with Gasteiger partial charge in [-0.3, -0.25) is 4.98 Å². The second-order valence-corrected chi connectivity index (χ2v) is 4.55. The zero-order valence-electron chi connectivity index (χ0n) is 9.88. The Morgan fingerprint density at radius 1 is 1.42 bits per heavy atom. The highest BCUT2D eigenvalue weighted by molar-refractivity contribution is 5.80. The zero-order chi connectivity index (χ0) is 13.5. The Labute approximate surface area is 107 Å². The minimum Gasteiger partial charge on any atom is -0.478 e. The maximum absolute atomic E-state index is 11.1. The van der Waals surface area contributed by atoms with Crippen molar-refractivity contribution in [3.63, 3.8) is 0 Å². The lowest BCUT2D eigenvalue weighted by Crippen LogP contribution is -2.45. The normalized spacial score (nSPS) is 17.7. The number of rotatable bonds is 3. The number of aromatic amines is 1. The first-order valence-corrected chi connectivity index (χ1v) is 5.72. The van der Waals surface area contributed by atoms with E-state index >= 15 is 0 Å². The maximum atomic E-state index is 11.1. The summed E-state index contributed by atoms with van der Waals surface area (Å²) in [4.78, 5) is 24.3. The number of H-pyrrole nitrogens is 1.